The molecule has 3 saturated heterocycles. The molecule has 5 heterocycles. The Morgan fingerprint density at radius 2 is 1.77 bits per heavy atom. The van der Waals surface area contributed by atoms with Crippen molar-refractivity contribution in [2.45, 2.75) is 43.9 Å². The molecule has 1 amide bonds. The van der Waals surface area contributed by atoms with E-state index >= 15 is 0 Å². The highest BCUT2D eigenvalue weighted by Crippen LogP contribution is 2.37. The number of carbonyl (C=O) groups is 1. The number of hydrogen-bond donors (Lipinski definition) is 0. The molecule has 0 spiro atoms. The van der Waals surface area contributed by atoms with Gasteiger partial charge in [0.25, 0.3) is 0 Å². The zero-order valence-corrected chi connectivity index (χ0v) is 22.2. The second-order valence-electron chi connectivity index (χ2n) is 10.5. The number of anilines is 2. The average Bonchev–Trinajstić information content (AvgIpc) is 3.25. The summed E-state index contributed by atoms with van der Waals surface area (Å²) in [7, 11) is 1.91. The molecule has 0 radical (unpaired) electrons. The van der Waals surface area contributed by atoms with E-state index in [0.717, 1.165) is 24.1 Å². The molecule has 3 fully saturated rings. The van der Waals surface area contributed by atoms with Crippen molar-refractivity contribution < 1.29 is 22.4 Å². The van der Waals surface area contributed by atoms with Crippen molar-refractivity contribution in [3.05, 3.63) is 42.0 Å². The van der Waals surface area contributed by atoms with Crippen LogP contribution >= 0.6 is 0 Å². The summed E-state index contributed by atoms with van der Waals surface area (Å²) in [6.07, 6.45) is -0.0895. The molecule has 0 saturated carbocycles. The predicted molar refractivity (Wildman–Crippen MR) is 138 cm³/mol. The summed E-state index contributed by atoms with van der Waals surface area (Å²) in [4.78, 5) is 26.8. The number of amides is 1. The Kier molecular flexibility index (Phi) is 7.53. The maximum absolute atomic E-state index is 14.2. The van der Waals surface area contributed by atoms with Crippen molar-refractivity contribution in [1.82, 2.24) is 29.5 Å². The monoisotopic (exact) mass is 550 g/mol. The molecule has 2 aromatic heterocycles. The first-order valence-corrected chi connectivity index (χ1v) is 13.3. The first-order valence-electron chi connectivity index (χ1n) is 13.3. The molecule has 3 aliphatic rings. The molecule has 0 bridgehead atoms. The fourth-order valence-corrected chi connectivity index (χ4v) is 6.12. The largest absolute Gasteiger partial charge is 0.451 e. The molecule has 0 aromatic carbocycles. The van der Waals surface area contributed by atoms with Crippen LogP contribution in [0.5, 0.6) is 0 Å². The van der Waals surface area contributed by atoms with Crippen LogP contribution in [-0.2, 0) is 18.0 Å². The lowest BCUT2D eigenvalue weighted by Gasteiger charge is -2.53. The molecule has 5 rings (SSSR count). The van der Waals surface area contributed by atoms with Crippen LogP contribution in [0.2, 0.25) is 0 Å². The number of rotatable bonds is 6. The fraction of sp³-hybridized carbons (Fsp3) is 0.615. The summed E-state index contributed by atoms with van der Waals surface area (Å²) in [5.41, 5.74) is 2.26. The van der Waals surface area contributed by atoms with Crippen molar-refractivity contribution >= 4 is 17.5 Å². The van der Waals surface area contributed by atoms with Gasteiger partial charge in [0, 0.05) is 70.5 Å². The lowest BCUT2D eigenvalue weighted by molar-refractivity contribution is -0.144. The van der Waals surface area contributed by atoms with E-state index in [1.54, 1.807) is 15.9 Å². The third kappa shape index (κ3) is 5.32. The van der Waals surface area contributed by atoms with Gasteiger partial charge in [-0.2, -0.15) is 18.3 Å². The van der Waals surface area contributed by atoms with Gasteiger partial charge in [0.1, 0.15) is 18.3 Å². The second kappa shape index (κ2) is 10.7. The van der Waals surface area contributed by atoms with E-state index in [9.17, 15) is 22.4 Å². The first kappa shape index (κ1) is 27.4. The number of aryl methyl sites for hydroxylation is 2. The molecule has 2 unspecified atom stereocenters. The van der Waals surface area contributed by atoms with E-state index < -0.39 is 24.7 Å². The third-order valence-corrected chi connectivity index (χ3v) is 8.29. The van der Waals surface area contributed by atoms with Gasteiger partial charge in [-0.1, -0.05) is 6.58 Å². The van der Waals surface area contributed by atoms with Gasteiger partial charge >= 0.3 is 6.18 Å². The Morgan fingerprint density at radius 3 is 2.33 bits per heavy atom. The number of alkyl halides is 4. The molecule has 2 atom stereocenters. The summed E-state index contributed by atoms with van der Waals surface area (Å²) < 4.78 is 57.6. The molecule has 39 heavy (non-hydrogen) atoms. The highest BCUT2D eigenvalue weighted by molar-refractivity contribution is 5.87. The first-order chi connectivity index (χ1) is 18.6. The molecule has 13 heteroatoms. The normalized spacial score (nSPS) is 23.2. The van der Waals surface area contributed by atoms with Crippen LogP contribution in [-0.4, -0.2) is 100 Å². The minimum Gasteiger partial charge on any atom is -0.356 e. The Balaban J connectivity index is 1.31. The summed E-state index contributed by atoms with van der Waals surface area (Å²) in [6.45, 7) is 8.42. The number of carbonyl (C=O) groups excluding carboxylic acids is 1. The molecule has 0 aliphatic carbocycles. The zero-order chi connectivity index (χ0) is 27.9. The van der Waals surface area contributed by atoms with E-state index in [-0.39, 0.29) is 29.5 Å². The number of nitrogens with zero attached hydrogens (tertiary/aromatic N) is 8. The van der Waals surface area contributed by atoms with Crippen LogP contribution in [0.3, 0.4) is 0 Å². The number of piperidine rings is 1. The summed E-state index contributed by atoms with van der Waals surface area (Å²) in [5, 5.41) is 4.32. The van der Waals surface area contributed by atoms with Crippen molar-refractivity contribution in [2.24, 2.45) is 7.05 Å². The molecule has 2 aromatic rings. The van der Waals surface area contributed by atoms with E-state index in [4.69, 9.17) is 0 Å². The van der Waals surface area contributed by atoms with E-state index in [1.165, 1.54) is 6.08 Å². The average molecular weight is 551 g/mol. The summed E-state index contributed by atoms with van der Waals surface area (Å²) in [6, 6.07) is 0.778. The van der Waals surface area contributed by atoms with Gasteiger partial charge in [-0.15, -0.1) is 0 Å². The molecule has 212 valence electrons. The van der Waals surface area contributed by atoms with Crippen LogP contribution in [0.1, 0.15) is 35.8 Å². The van der Waals surface area contributed by atoms with E-state index in [0.29, 0.717) is 45.8 Å². The Hall–Kier alpha value is -3.22. The SMILES string of the molecule is C=CC(=O)N1CCN(C2CN(c3cc(N4CCC(c5c(C)cnn5C)CC4)nc(C(F)(F)F)n3)C2CF)CC1. The van der Waals surface area contributed by atoms with Gasteiger partial charge in [0.05, 0.1) is 18.3 Å². The fourth-order valence-electron chi connectivity index (χ4n) is 6.12. The van der Waals surface area contributed by atoms with Crippen molar-refractivity contribution in [3.63, 3.8) is 0 Å². The van der Waals surface area contributed by atoms with Gasteiger partial charge < -0.3 is 14.7 Å². The maximum atomic E-state index is 14.2. The van der Waals surface area contributed by atoms with Crippen LogP contribution < -0.4 is 9.80 Å². The van der Waals surface area contributed by atoms with Gasteiger partial charge in [-0.3, -0.25) is 14.4 Å². The van der Waals surface area contributed by atoms with Gasteiger partial charge in [0.2, 0.25) is 11.7 Å². The third-order valence-electron chi connectivity index (χ3n) is 8.29. The molecular weight excluding hydrogens is 516 g/mol. The van der Waals surface area contributed by atoms with Crippen LogP contribution in [0, 0.1) is 6.92 Å². The topological polar surface area (TPSA) is 73.6 Å². The van der Waals surface area contributed by atoms with Gasteiger partial charge in [-0.05, 0) is 31.4 Å². The second-order valence-corrected chi connectivity index (χ2v) is 10.5. The Labute approximate surface area is 225 Å². The Morgan fingerprint density at radius 1 is 1.10 bits per heavy atom. The predicted octanol–water partition coefficient (Wildman–Crippen LogP) is 2.78. The maximum Gasteiger partial charge on any atom is 0.451 e. The number of hydrogen-bond acceptors (Lipinski definition) is 7. The van der Waals surface area contributed by atoms with Crippen LogP contribution in [0.4, 0.5) is 29.2 Å². The minimum absolute atomic E-state index is 0.0938. The van der Waals surface area contributed by atoms with Crippen molar-refractivity contribution in [3.8, 4) is 0 Å². The quantitative estimate of drug-likeness (QED) is 0.405. The standard InChI is InChI=1S/C26H34F4N8O/c1-4-23(39)37-11-9-35(10-12-37)20-16-38(19(20)14-27)22-13-21(32-25(33-22)26(28,29)30)36-7-5-18(6-8-36)24-17(2)15-31-34(24)3/h4,13,15,18-20H,1,5-12,14,16H2,2-3H3. The van der Waals surface area contributed by atoms with Crippen molar-refractivity contribution in [1.29, 1.82) is 0 Å². The number of aromatic nitrogens is 4. The lowest BCUT2D eigenvalue weighted by atomic mass is 9.91. The number of piperazine rings is 1. The van der Waals surface area contributed by atoms with Gasteiger partial charge in [-0.25, -0.2) is 14.4 Å². The van der Waals surface area contributed by atoms with Gasteiger partial charge in [0.15, 0.2) is 0 Å². The smallest absolute Gasteiger partial charge is 0.356 e. The summed E-state index contributed by atoms with van der Waals surface area (Å²) in [5.74, 6) is -0.773. The molecular formula is C26H34F4N8O. The molecule has 3 aliphatic heterocycles. The highest BCUT2D eigenvalue weighted by Gasteiger charge is 2.45. The molecule has 9 nitrogen and oxygen atoms in total. The van der Waals surface area contributed by atoms with E-state index in [1.807, 2.05) is 29.7 Å². The summed E-state index contributed by atoms with van der Waals surface area (Å²) >= 11 is 0. The molecule has 0 N–H and O–H groups in total. The number of halogens is 4. The lowest BCUT2D eigenvalue weighted by Crippen LogP contribution is -2.70. The van der Waals surface area contributed by atoms with Crippen LogP contribution in [0.15, 0.2) is 24.9 Å². The van der Waals surface area contributed by atoms with Crippen LogP contribution in [0.25, 0.3) is 0 Å². The van der Waals surface area contributed by atoms with E-state index in [2.05, 4.69) is 26.5 Å². The zero-order valence-electron chi connectivity index (χ0n) is 22.2. The Bertz CT molecular complexity index is 1180. The van der Waals surface area contributed by atoms with Crippen molar-refractivity contribution in [2.75, 3.05) is 62.3 Å². The highest BCUT2D eigenvalue weighted by atomic mass is 19.4. The minimum atomic E-state index is -4.72.